The molecule has 116 valence electrons. The number of morpholine rings is 1. The van der Waals surface area contributed by atoms with Crippen LogP contribution in [0.1, 0.15) is 26.2 Å². The third kappa shape index (κ3) is 4.15. The number of ether oxygens (including phenoxy) is 2. The van der Waals surface area contributed by atoms with E-state index >= 15 is 0 Å². The molecule has 1 amide bonds. The SMILES string of the molecule is CCOCC(=O)N[C@@H]1CCC[C@@H](N2CCOCC2)[C@@H]1O. The average Bonchev–Trinajstić information content (AvgIpc) is 2.48. The maximum Gasteiger partial charge on any atom is 0.246 e. The van der Waals surface area contributed by atoms with Crippen LogP contribution in [0.3, 0.4) is 0 Å². The Morgan fingerprint density at radius 2 is 2.15 bits per heavy atom. The van der Waals surface area contributed by atoms with Crippen LogP contribution in [0.4, 0.5) is 0 Å². The van der Waals surface area contributed by atoms with E-state index in [-0.39, 0.29) is 24.6 Å². The van der Waals surface area contributed by atoms with Gasteiger partial charge in [-0.25, -0.2) is 0 Å². The Bertz CT molecular complexity index is 308. The van der Waals surface area contributed by atoms with Gasteiger partial charge >= 0.3 is 0 Å². The van der Waals surface area contributed by atoms with Gasteiger partial charge in [-0.05, 0) is 26.2 Å². The van der Waals surface area contributed by atoms with Gasteiger partial charge in [-0.2, -0.15) is 0 Å². The van der Waals surface area contributed by atoms with Crippen molar-refractivity contribution in [2.75, 3.05) is 39.5 Å². The molecule has 1 saturated carbocycles. The molecule has 3 atom stereocenters. The van der Waals surface area contributed by atoms with Gasteiger partial charge in [-0.3, -0.25) is 9.69 Å². The van der Waals surface area contributed by atoms with Gasteiger partial charge in [0, 0.05) is 25.7 Å². The molecule has 0 aromatic carbocycles. The van der Waals surface area contributed by atoms with E-state index in [4.69, 9.17) is 9.47 Å². The second-order valence-corrected chi connectivity index (χ2v) is 5.45. The molecule has 1 heterocycles. The van der Waals surface area contributed by atoms with Gasteiger partial charge in [0.15, 0.2) is 0 Å². The van der Waals surface area contributed by atoms with Gasteiger partial charge in [0.2, 0.25) is 5.91 Å². The van der Waals surface area contributed by atoms with Crippen LogP contribution in [0.25, 0.3) is 0 Å². The number of carbonyl (C=O) groups excluding carboxylic acids is 1. The average molecular weight is 286 g/mol. The molecule has 6 heteroatoms. The number of amides is 1. The minimum absolute atomic E-state index is 0.0714. The van der Waals surface area contributed by atoms with Crippen molar-refractivity contribution in [1.29, 1.82) is 0 Å². The summed E-state index contributed by atoms with van der Waals surface area (Å²) in [6.07, 6.45) is 2.34. The maximum absolute atomic E-state index is 11.7. The number of nitrogens with zero attached hydrogens (tertiary/aromatic N) is 1. The van der Waals surface area contributed by atoms with Crippen molar-refractivity contribution >= 4 is 5.91 Å². The van der Waals surface area contributed by atoms with Crippen LogP contribution in [0.5, 0.6) is 0 Å². The standard InChI is InChI=1S/C14H26N2O4/c1-2-19-10-13(17)15-11-4-3-5-12(14(11)18)16-6-8-20-9-7-16/h11-12,14,18H,2-10H2,1H3,(H,15,17)/t11-,12-,14-/m1/s1. The van der Waals surface area contributed by atoms with E-state index in [0.29, 0.717) is 6.61 Å². The van der Waals surface area contributed by atoms with Crippen LogP contribution in [0.15, 0.2) is 0 Å². The van der Waals surface area contributed by atoms with Crippen molar-refractivity contribution in [2.45, 2.75) is 44.4 Å². The summed E-state index contributed by atoms with van der Waals surface area (Å²) in [7, 11) is 0. The normalized spacial score (nSPS) is 32.0. The lowest BCUT2D eigenvalue weighted by atomic mass is 9.87. The number of carbonyl (C=O) groups is 1. The first-order valence-corrected chi connectivity index (χ1v) is 7.59. The van der Waals surface area contributed by atoms with Crippen molar-refractivity contribution in [3.63, 3.8) is 0 Å². The van der Waals surface area contributed by atoms with Crippen LogP contribution >= 0.6 is 0 Å². The Morgan fingerprint density at radius 1 is 1.40 bits per heavy atom. The number of aliphatic hydroxyl groups excluding tert-OH is 1. The predicted molar refractivity (Wildman–Crippen MR) is 74.5 cm³/mol. The molecule has 0 aromatic heterocycles. The van der Waals surface area contributed by atoms with Crippen LogP contribution < -0.4 is 5.32 Å². The third-order valence-electron chi connectivity index (χ3n) is 4.12. The molecular formula is C14H26N2O4. The Morgan fingerprint density at radius 3 is 2.85 bits per heavy atom. The molecule has 0 spiro atoms. The molecule has 0 radical (unpaired) electrons. The van der Waals surface area contributed by atoms with Crippen molar-refractivity contribution in [3.8, 4) is 0 Å². The first kappa shape index (κ1) is 15.7. The van der Waals surface area contributed by atoms with Crippen molar-refractivity contribution in [2.24, 2.45) is 0 Å². The molecule has 2 aliphatic rings. The number of rotatable bonds is 5. The molecule has 0 unspecified atom stereocenters. The summed E-state index contributed by atoms with van der Waals surface area (Å²) >= 11 is 0. The van der Waals surface area contributed by atoms with Crippen molar-refractivity contribution < 1.29 is 19.4 Å². The van der Waals surface area contributed by atoms with E-state index in [1.54, 1.807) is 0 Å². The maximum atomic E-state index is 11.7. The lowest BCUT2D eigenvalue weighted by Gasteiger charge is -2.42. The molecule has 1 aliphatic carbocycles. The smallest absolute Gasteiger partial charge is 0.246 e. The summed E-state index contributed by atoms with van der Waals surface area (Å²) in [6, 6.07) is -0.0328. The van der Waals surface area contributed by atoms with Gasteiger partial charge in [0.25, 0.3) is 0 Å². The Hall–Kier alpha value is -0.690. The molecule has 20 heavy (non-hydrogen) atoms. The highest BCUT2D eigenvalue weighted by atomic mass is 16.5. The first-order valence-electron chi connectivity index (χ1n) is 7.59. The van der Waals surface area contributed by atoms with E-state index in [1.165, 1.54) is 0 Å². The molecule has 1 saturated heterocycles. The third-order valence-corrected chi connectivity index (χ3v) is 4.12. The fourth-order valence-electron chi connectivity index (χ4n) is 3.07. The molecule has 1 aliphatic heterocycles. The highest BCUT2D eigenvalue weighted by Gasteiger charge is 2.36. The van der Waals surface area contributed by atoms with Gasteiger partial charge in [0.05, 0.1) is 25.4 Å². The molecular weight excluding hydrogens is 260 g/mol. The van der Waals surface area contributed by atoms with Crippen molar-refractivity contribution in [3.05, 3.63) is 0 Å². The van der Waals surface area contributed by atoms with Gasteiger partial charge in [-0.1, -0.05) is 0 Å². The zero-order chi connectivity index (χ0) is 14.4. The Labute approximate surface area is 120 Å². The molecule has 2 rings (SSSR count). The zero-order valence-corrected chi connectivity index (χ0v) is 12.2. The van der Waals surface area contributed by atoms with Gasteiger partial charge in [-0.15, -0.1) is 0 Å². The fraction of sp³-hybridized carbons (Fsp3) is 0.929. The second kappa shape index (κ2) is 7.93. The Balaban J connectivity index is 1.85. The highest BCUT2D eigenvalue weighted by Crippen LogP contribution is 2.24. The van der Waals surface area contributed by atoms with Gasteiger partial charge in [0.1, 0.15) is 6.61 Å². The van der Waals surface area contributed by atoms with E-state index in [2.05, 4.69) is 10.2 Å². The monoisotopic (exact) mass is 286 g/mol. The number of aliphatic hydroxyl groups is 1. The van der Waals surface area contributed by atoms with Crippen LogP contribution in [0, 0.1) is 0 Å². The minimum Gasteiger partial charge on any atom is -0.389 e. The summed E-state index contributed by atoms with van der Waals surface area (Å²) in [4.78, 5) is 14.0. The van der Waals surface area contributed by atoms with Crippen molar-refractivity contribution in [1.82, 2.24) is 10.2 Å². The molecule has 6 nitrogen and oxygen atoms in total. The summed E-state index contributed by atoms with van der Waals surface area (Å²) < 4.78 is 10.4. The minimum atomic E-state index is -0.507. The summed E-state index contributed by atoms with van der Waals surface area (Å²) in [6.45, 7) is 5.63. The predicted octanol–water partition coefficient (Wildman–Crippen LogP) is -0.247. The van der Waals surface area contributed by atoms with E-state index in [9.17, 15) is 9.90 Å². The van der Waals surface area contributed by atoms with Crippen LogP contribution in [-0.4, -0.2) is 73.6 Å². The lowest BCUT2D eigenvalue weighted by Crippen LogP contribution is -2.58. The fourth-order valence-corrected chi connectivity index (χ4v) is 3.07. The lowest BCUT2D eigenvalue weighted by molar-refractivity contribution is -0.128. The molecule has 0 aromatic rings. The Kier molecular flexibility index (Phi) is 6.22. The molecule has 2 fully saturated rings. The largest absolute Gasteiger partial charge is 0.389 e. The van der Waals surface area contributed by atoms with E-state index in [0.717, 1.165) is 45.6 Å². The highest BCUT2D eigenvalue weighted by molar-refractivity contribution is 5.77. The quantitative estimate of drug-likeness (QED) is 0.729. The van der Waals surface area contributed by atoms with E-state index < -0.39 is 6.10 Å². The number of hydrogen-bond acceptors (Lipinski definition) is 5. The second-order valence-electron chi connectivity index (χ2n) is 5.45. The summed E-state index contributed by atoms with van der Waals surface area (Å²) in [5, 5.41) is 13.4. The van der Waals surface area contributed by atoms with E-state index in [1.807, 2.05) is 6.92 Å². The zero-order valence-electron chi connectivity index (χ0n) is 12.2. The van der Waals surface area contributed by atoms with Crippen LogP contribution in [-0.2, 0) is 14.3 Å². The van der Waals surface area contributed by atoms with Gasteiger partial charge < -0.3 is 19.9 Å². The molecule has 2 N–H and O–H groups in total. The first-order chi connectivity index (χ1) is 9.72. The number of nitrogens with one attached hydrogen (secondary N) is 1. The number of hydrogen-bond donors (Lipinski definition) is 2. The van der Waals surface area contributed by atoms with Crippen LogP contribution in [0.2, 0.25) is 0 Å². The summed E-state index contributed by atoms with van der Waals surface area (Å²) in [5.41, 5.74) is 0. The summed E-state index contributed by atoms with van der Waals surface area (Å²) in [5.74, 6) is -0.140. The molecule has 0 bridgehead atoms. The topological polar surface area (TPSA) is 71.0 Å².